The second-order valence-electron chi connectivity index (χ2n) is 4.50. The second-order valence-corrected chi connectivity index (χ2v) is 7.32. The Balaban J connectivity index is 2.72. The van der Waals surface area contributed by atoms with Crippen molar-refractivity contribution < 1.29 is 22.7 Å². The smallest absolute Gasteiger partial charge is 0.358 e. The van der Waals surface area contributed by atoms with E-state index in [0.717, 1.165) is 18.4 Å². The summed E-state index contributed by atoms with van der Waals surface area (Å²) in [4.78, 5) is 26.6. The number of nitrogens with one attached hydrogen (secondary N) is 2. The average molecular weight is 335 g/mol. The highest BCUT2D eigenvalue weighted by molar-refractivity contribution is 7.91. The van der Waals surface area contributed by atoms with Gasteiger partial charge in [0, 0.05) is 6.54 Å². The van der Waals surface area contributed by atoms with E-state index in [0.29, 0.717) is 6.54 Å². The first-order valence-electron chi connectivity index (χ1n) is 6.06. The van der Waals surface area contributed by atoms with Crippen molar-refractivity contribution in [1.29, 1.82) is 0 Å². The van der Waals surface area contributed by atoms with Crippen molar-refractivity contribution in [3.8, 4) is 0 Å². The maximum atomic E-state index is 12.0. The predicted octanol–water partition coefficient (Wildman–Crippen LogP) is -0.0198. The van der Waals surface area contributed by atoms with Crippen LogP contribution in [0, 0.1) is 5.92 Å². The Hall–Kier alpha value is -1.52. The van der Waals surface area contributed by atoms with E-state index in [1.807, 2.05) is 13.8 Å². The quantitative estimate of drug-likeness (QED) is 0.677. The van der Waals surface area contributed by atoms with Crippen LogP contribution in [-0.4, -0.2) is 45.5 Å². The summed E-state index contributed by atoms with van der Waals surface area (Å²) in [7, 11) is -2.86. The van der Waals surface area contributed by atoms with Crippen LogP contribution in [0.4, 0.5) is 0 Å². The molecule has 0 aliphatic heterocycles. The number of amides is 1. The molecule has 0 aromatic carbocycles. The number of esters is 1. The molecule has 0 unspecified atom stereocenters. The summed E-state index contributed by atoms with van der Waals surface area (Å²) in [6, 6.07) is 0. The zero-order chi connectivity index (χ0) is 16.0. The van der Waals surface area contributed by atoms with Gasteiger partial charge in [0.15, 0.2) is 9.90 Å². The van der Waals surface area contributed by atoms with Crippen molar-refractivity contribution in [2.75, 3.05) is 20.2 Å². The molecule has 0 saturated carbocycles. The van der Waals surface area contributed by atoms with Gasteiger partial charge in [-0.3, -0.25) is 4.79 Å². The molecule has 1 aromatic heterocycles. The number of nitrogens with zero attached hydrogens (tertiary/aromatic N) is 1. The molecule has 0 aliphatic carbocycles. The van der Waals surface area contributed by atoms with Crippen molar-refractivity contribution in [1.82, 2.24) is 15.0 Å². The van der Waals surface area contributed by atoms with E-state index < -0.39 is 28.4 Å². The van der Waals surface area contributed by atoms with Gasteiger partial charge >= 0.3 is 5.97 Å². The van der Waals surface area contributed by atoms with Crippen LogP contribution in [0.2, 0.25) is 0 Å². The van der Waals surface area contributed by atoms with Crippen LogP contribution in [0.25, 0.3) is 0 Å². The van der Waals surface area contributed by atoms with Gasteiger partial charge in [-0.05, 0) is 5.92 Å². The van der Waals surface area contributed by atoms with Gasteiger partial charge in [-0.2, -0.15) is 0 Å². The fourth-order valence-corrected chi connectivity index (χ4v) is 3.42. The number of rotatable bonds is 7. The summed E-state index contributed by atoms with van der Waals surface area (Å²) < 4.78 is 30.4. The fourth-order valence-electron chi connectivity index (χ4n) is 1.27. The van der Waals surface area contributed by atoms with E-state index >= 15 is 0 Å². The molecule has 10 heteroatoms. The number of ether oxygens (including phenoxy) is 1. The fraction of sp³-hybridized carbons (Fsp3) is 0.545. The van der Waals surface area contributed by atoms with Gasteiger partial charge in [0.05, 0.1) is 19.2 Å². The minimum atomic E-state index is -3.99. The Morgan fingerprint density at radius 3 is 2.67 bits per heavy atom. The Kier molecular flexibility index (Phi) is 6.24. The summed E-state index contributed by atoms with van der Waals surface area (Å²) >= 11 is 0.776. The lowest BCUT2D eigenvalue weighted by Gasteiger charge is -2.08. The lowest BCUT2D eigenvalue weighted by molar-refractivity contribution is -0.120. The first kappa shape index (κ1) is 17.5. The zero-order valence-electron chi connectivity index (χ0n) is 11.9. The lowest BCUT2D eigenvalue weighted by Crippen LogP contribution is -2.38. The number of carbonyl (C=O) groups is 2. The molecule has 0 saturated heterocycles. The van der Waals surface area contributed by atoms with Crippen LogP contribution in [0.5, 0.6) is 0 Å². The number of sulfonamides is 1. The number of methoxy groups -OCH3 is 1. The lowest BCUT2D eigenvalue weighted by atomic mass is 10.2. The van der Waals surface area contributed by atoms with Gasteiger partial charge in [0.1, 0.15) is 0 Å². The van der Waals surface area contributed by atoms with Crippen LogP contribution >= 0.6 is 11.3 Å². The van der Waals surface area contributed by atoms with Crippen LogP contribution in [0.15, 0.2) is 9.72 Å². The van der Waals surface area contributed by atoms with Gasteiger partial charge in [-0.25, -0.2) is 22.9 Å². The summed E-state index contributed by atoms with van der Waals surface area (Å²) in [6.45, 7) is 3.89. The summed E-state index contributed by atoms with van der Waals surface area (Å²) in [5.41, 5.74) is 0.928. The highest BCUT2D eigenvalue weighted by atomic mass is 32.2. The van der Waals surface area contributed by atoms with Gasteiger partial charge in [-0.1, -0.05) is 13.8 Å². The average Bonchev–Trinajstić information content (AvgIpc) is 2.92. The highest BCUT2D eigenvalue weighted by Gasteiger charge is 2.26. The molecule has 0 spiro atoms. The molecule has 1 aromatic rings. The van der Waals surface area contributed by atoms with Crippen LogP contribution in [0.3, 0.4) is 0 Å². The number of hydrogen-bond acceptors (Lipinski definition) is 7. The molecule has 1 heterocycles. The molecule has 1 amide bonds. The highest BCUT2D eigenvalue weighted by Crippen LogP contribution is 2.20. The second kappa shape index (κ2) is 7.48. The summed E-state index contributed by atoms with van der Waals surface area (Å²) in [5.74, 6) is -1.03. The van der Waals surface area contributed by atoms with E-state index in [2.05, 4.69) is 19.8 Å². The maximum Gasteiger partial charge on any atom is 0.358 e. The molecular formula is C11H17N3O5S2. The first-order valence-corrected chi connectivity index (χ1v) is 8.42. The summed E-state index contributed by atoms with van der Waals surface area (Å²) in [6.07, 6.45) is 0. The molecule has 0 radical (unpaired) electrons. The third-order valence-corrected chi connectivity index (χ3v) is 5.06. The largest absolute Gasteiger partial charge is 0.464 e. The topological polar surface area (TPSA) is 114 Å². The molecule has 118 valence electrons. The van der Waals surface area contributed by atoms with Crippen molar-refractivity contribution in [3.63, 3.8) is 0 Å². The van der Waals surface area contributed by atoms with Crippen LogP contribution < -0.4 is 10.0 Å². The van der Waals surface area contributed by atoms with Gasteiger partial charge < -0.3 is 10.1 Å². The number of hydrogen-bond donors (Lipinski definition) is 2. The standard InChI is InChI=1S/C11H17N3O5S2/c1-7(2)4-12-8(15)5-14-21(17,18)11-9(10(16)19-3)13-6-20-11/h6-7,14H,4-5H2,1-3H3,(H,12,15). The van der Waals surface area contributed by atoms with Gasteiger partial charge in [0.2, 0.25) is 5.91 Å². The molecular weight excluding hydrogens is 318 g/mol. The van der Waals surface area contributed by atoms with Crippen molar-refractivity contribution >= 4 is 33.2 Å². The monoisotopic (exact) mass is 335 g/mol. The van der Waals surface area contributed by atoms with Crippen LogP contribution in [-0.2, 0) is 19.6 Å². The van der Waals surface area contributed by atoms with Crippen molar-refractivity contribution in [2.45, 2.75) is 18.1 Å². The maximum absolute atomic E-state index is 12.0. The van der Waals surface area contributed by atoms with E-state index in [1.54, 1.807) is 0 Å². The summed E-state index contributed by atoms with van der Waals surface area (Å²) in [5, 5.41) is 2.58. The molecule has 8 nitrogen and oxygen atoms in total. The number of thiazole rings is 1. The number of carbonyl (C=O) groups excluding carboxylic acids is 2. The van der Waals surface area contributed by atoms with E-state index in [-0.39, 0.29) is 15.8 Å². The normalized spacial score (nSPS) is 11.4. The van der Waals surface area contributed by atoms with E-state index in [9.17, 15) is 18.0 Å². The molecule has 0 atom stereocenters. The third kappa shape index (κ3) is 5.06. The zero-order valence-corrected chi connectivity index (χ0v) is 13.5. The third-order valence-electron chi connectivity index (χ3n) is 2.29. The van der Waals surface area contributed by atoms with Gasteiger partial charge in [-0.15, -0.1) is 11.3 Å². The molecule has 2 N–H and O–H groups in total. The van der Waals surface area contributed by atoms with Crippen molar-refractivity contribution in [2.24, 2.45) is 5.92 Å². The first-order chi connectivity index (χ1) is 9.77. The Morgan fingerprint density at radius 1 is 1.43 bits per heavy atom. The molecule has 21 heavy (non-hydrogen) atoms. The molecule has 0 aliphatic rings. The Bertz CT molecular complexity index is 609. The number of aromatic nitrogens is 1. The minimum Gasteiger partial charge on any atom is -0.464 e. The Labute approximate surface area is 127 Å². The van der Waals surface area contributed by atoms with E-state index in [1.165, 1.54) is 5.51 Å². The predicted molar refractivity (Wildman–Crippen MR) is 76.5 cm³/mol. The molecule has 1 rings (SSSR count). The van der Waals surface area contributed by atoms with E-state index in [4.69, 9.17) is 0 Å². The van der Waals surface area contributed by atoms with Crippen LogP contribution in [0.1, 0.15) is 24.3 Å². The molecule has 0 fully saturated rings. The van der Waals surface area contributed by atoms with Gasteiger partial charge in [0.25, 0.3) is 10.0 Å². The Morgan fingerprint density at radius 2 is 2.10 bits per heavy atom. The SMILES string of the molecule is COC(=O)c1ncsc1S(=O)(=O)NCC(=O)NCC(C)C. The molecule has 0 bridgehead atoms. The van der Waals surface area contributed by atoms with Crippen molar-refractivity contribution in [3.05, 3.63) is 11.2 Å². The minimum absolute atomic E-state index is 0.262.